The lowest BCUT2D eigenvalue weighted by Gasteiger charge is -2.11. The van der Waals surface area contributed by atoms with Gasteiger partial charge in [-0.1, -0.05) is 18.2 Å². The Morgan fingerprint density at radius 2 is 1.61 bits per heavy atom. The molecule has 23 heavy (non-hydrogen) atoms. The molecule has 1 heterocycles. The number of aromatic nitrogens is 1. The van der Waals surface area contributed by atoms with Crippen molar-refractivity contribution in [2.75, 3.05) is 26.3 Å². The number of hydrogen-bond donors (Lipinski definition) is 0. The van der Waals surface area contributed by atoms with E-state index in [4.69, 9.17) is 0 Å². The van der Waals surface area contributed by atoms with Gasteiger partial charge in [0.15, 0.2) is 0 Å². The van der Waals surface area contributed by atoms with Crippen molar-refractivity contribution in [2.24, 2.45) is 5.10 Å². The smallest absolute Gasteiger partial charge is 0.269 e. The standard InChI is InChI=1S/C13H13N3.C2H6O4S/c1-16(13-5-3-2-4-6-13)15-11-12-7-9-14-10-8-12;1-5-7(3,4)6-2/h2-11H,1H3;1-2H3. The van der Waals surface area contributed by atoms with E-state index < -0.39 is 10.4 Å². The van der Waals surface area contributed by atoms with Crippen LogP contribution in [-0.2, 0) is 18.8 Å². The summed E-state index contributed by atoms with van der Waals surface area (Å²) in [7, 11) is 0.319. The van der Waals surface area contributed by atoms with Crippen LogP contribution in [0.3, 0.4) is 0 Å². The van der Waals surface area contributed by atoms with Crippen molar-refractivity contribution in [3.63, 3.8) is 0 Å². The summed E-state index contributed by atoms with van der Waals surface area (Å²) in [4.78, 5) is 3.96. The fourth-order valence-corrected chi connectivity index (χ4v) is 1.52. The summed E-state index contributed by atoms with van der Waals surface area (Å²) in [6.45, 7) is 0. The van der Waals surface area contributed by atoms with E-state index in [1.54, 1.807) is 12.4 Å². The molecule has 0 unspecified atom stereocenters. The third-order valence-corrected chi connectivity index (χ3v) is 3.44. The zero-order valence-corrected chi connectivity index (χ0v) is 14.0. The zero-order chi connectivity index (χ0) is 17.1. The molecule has 2 rings (SSSR count). The highest BCUT2D eigenvalue weighted by atomic mass is 32.3. The lowest BCUT2D eigenvalue weighted by atomic mass is 10.3. The molecule has 0 amide bonds. The van der Waals surface area contributed by atoms with Crippen LogP contribution in [0.2, 0.25) is 0 Å². The van der Waals surface area contributed by atoms with Crippen molar-refractivity contribution in [1.29, 1.82) is 0 Å². The number of anilines is 1. The molecular formula is C15H19N3O4S. The molecule has 0 fully saturated rings. The lowest BCUT2D eigenvalue weighted by Crippen LogP contribution is -2.08. The van der Waals surface area contributed by atoms with Gasteiger partial charge in [0.1, 0.15) is 0 Å². The number of para-hydroxylation sites is 1. The Labute approximate surface area is 136 Å². The molecule has 0 saturated carbocycles. The summed E-state index contributed by atoms with van der Waals surface area (Å²) in [5, 5.41) is 6.18. The molecule has 0 aliphatic rings. The highest BCUT2D eigenvalue weighted by molar-refractivity contribution is 7.81. The second-order valence-corrected chi connectivity index (χ2v) is 5.61. The maximum absolute atomic E-state index is 9.92. The fraction of sp³-hybridized carbons (Fsp3) is 0.200. The summed E-state index contributed by atoms with van der Waals surface area (Å²) in [5.41, 5.74) is 2.10. The molecule has 7 nitrogen and oxygen atoms in total. The summed E-state index contributed by atoms with van der Waals surface area (Å²) in [5.74, 6) is 0. The zero-order valence-electron chi connectivity index (χ0n) is 13.2. The van der Waals surface area contributed by atoms with Crippen LogP contribution in [-0.4, -0.2) is 40.9 Å². The number of benzene rings is 1. The molecule has 2 aromatic rings. The molecular weight excluding hydrogens is 318 g/mol. The third-order valence-electron chi connectivity index (χ3n) is 2.62. The van der Waals surface area contributed by atoms with E-state index in [1.807, 2.05) is 60.7 Å². The topological polar surface area (TPSA) is 81.1 Å². The first-order chi connectivity index (χ1) is 11.0. The summed E-state index contributed by atoms with van der Waals surface area (Å²) < 4.78 is 27.5. The van der Waals surface area contributed by atoms with Crippen molar-refractivity contribution < 1.29 is 16.8 Å². The van der Waals surface area contributed by atoms with E-state index in [2.05, 4.69) is 18.5 Å². The van der Waals surface area contributed by atoms with Gasteiger partial charge < -0.3 is 0 Å². The Morgan fingerprint density at radius 3 is 2.09 bits per heavy atom. The van der Waals surface area contributed by atoms with Crippen molar-refractivity contribution in [2.45, 2.75) is 0 Å². The van der Waals surface area contributed by atoms with Crippen LogP contribution in [0.1, 0.15) is 5.56 Å². The largest absolute Gasteiger partial charge is 0.399 e. The maximum atomic E-state index is 9.92. The van der Waals surface area contributed by atoms with Crippen molar-refractivity contribution in [3.8, 4) is 0 Å². The van der Waals surface area contributed by atoms with Crippen LogP contribution < -0.4 is 5.01 Å². The van der Waals surface area contributed by atoms with Gasteiger partial charge in [0.05, 0.1) is 26.1 Å². The number of pyridine rings is 1. The molecule has 124 valence electrons. The minimum atomic E-state index is -3.66. The fourth-order valence-electron chi connectivity index (χ4n) is 1.38. The normalized spacial score (nSPS) is 10.9. The van der Waals surface area contributed by atoms with Crippen molar-refractivity contribution in [1.82, 2.24) is 4.98 Å². The number of hydrogen-bond acceptors (Lipinski definition) is 7. The minimum absolute atomic E-state index is 1.03. The van der Waals surface area contributed by atoms with Gasteiger partial charge >= 0.3 is 10.4 Å². The molecule has 0 aliphatic heterocycles. The highest BCUT2D eigenvalue weighted by Gasteiger charge is 2.01. The molecule has 0 radical (unpaired) electrons. The van der Waals surface area contributed by atoms with Crippen LogP contribution in [0.5, 0.6) is 0 Å². The summed E-state index contributed by atoms with van der Waals surface area (Å²) in [6, 6.07) is 13.9. The van der Waals surface area contributed by atoms with E-state index in [1.165, 1.54) is 0 Å². The maximum Gasteiger partial charge on any atom is 0.399 e. The minimum Gasteiger partial charge on any atom is -0.269 e. The quantitative estimate of drug-likeness (QED) is 0.614. The van der Waals surface area contributed by atoms with Gasteiger partial charge in [-0.15, -0.1) is 0 Å². The van der Waals surface area contributed by atoms with Crippen LogP contribution in [0, 0.1) is 0 Å². The van der Waals surface area contributed by atoms with Crippen LogP contribution >= 0.6 is 0 Å². The summed E-state index contributed by atoms with van der Waals surface area (Å²) >= 11 is 0. The first-order valence-electron chi connectivity index (χ1n) is 6.57. The predicted molar refractivity (Wildman–Crippen MR) is 89.6 cm³/mol. The number of rotatable bonds is 5. The van der Waals surface area contributed by atoms with Crippen LogP contribution in [0.15, 0.2) is 60.0 Å². The molecule has 0 spiro atoms. The molecule has 1 aromatic carbocycles. The average molecular weight is 337 g/mol. The van der Waals surface area contributed by atoms with Gasteiger partial charge in [0.2, 0.25) is 0 Å². The Morgan fingerprint density at radius 1 is 1.04 bits per heavy atom. The van der Waals surface area contributed by atoms with Crippen LogP contribution in [0.25, 0.3) is 0 Å². The Bertz CT molecular complexity index is 681. The predicted octanol–water partition coefficient (Wildman–Crippen LogP) is 2.08. The average Bonchev–Trinajstić information content (AvgIpc) is 2.62. The Balaban J connectivity index is 0.000000322. The molecule has 0 saturated heterocycles. The second-order valence-electron chi connectivity index (χ2n) is 4.13. The SMILES string of the molecule is CN(N=Cc1ccncc1)c1ccccc1.COS(=O)(=O)OC. The first-order valence-corrected chi connectivity index (χ1v) is 7.91. The summed E-state index contributed by atoms with van der Waals surface area (Å²) in [6.07, 6.45) is 5.32. The highest BCUT2D eigenvalue weighted by Crippen LogP contribution is 2.10. The monoisotopic (exact) mass is 337 g/mol. The van der Waals surface area contributed by atoms with Gasteiger partial charge in [0, 0.05) is 19.4 Å². The molecule has 8 heteroatoms. The first kappa shape index (κ1) is 18.8. The lowest BCUT2D eigenvalue weighted by molar-refractivity contribution is 0.286. The Kier molecular flexibility index (Phi) is 7.89. The van der Waals surface area contributed by atoms with Crippen LogP contribution in [0.4, 0.5) is 5.69 Å². The van der Waals surface area contributed by atoms with Crippen molar-refractivity contribution in [3.05, 3.63) is 60.4 Å². The van der Waals surface area contributed by atoms with Gasteiger partial charge in [-0.2, -0.15) is 13.5 Å². The number of nitrogens with zero attached hydrogens (tertiary/aromatic N) is 3. The van der Waals surface area contributed by atoms with Gasteiger partial charge in [-0.05, 0) is 29.8 Å². The van der Waals surface area contributed by atoms with E-state index in [0.29, 0.717) is 0 Å². The molecule has 1 aromatic heterocycles. The third kappa shape index (κ3) is 7.50. The van der Waals surface area contributed by atoms with E-state index in [0.717, 1.165) is 25.5 Å². The van der Waals surface area contributed by atoms with Gasteiger partial charge in [-0.3, -0.25) is 18.4 Å². The van der Waals surface area contributed by atoms with E-state index >= 15 is 0 Å². The molecule has 0 atom stereocenters. The molecule has 0 bridgehead atoms. The van der Waals surface area contributed by atoms with E-state index in [-0.39, 0.29) is 0 Å². The van der Waals surface area contributed by atoms with Gasteiger partial charge in [-0.25, -0.2) is 0 Å². The van der Waals surface area contributed by atoms with Crippen molar-refractivity contribution >= 4 is 22.3 Å². The number of hydrazone groups is 1. The Hall–Kier alpha value is -2.29. The van der Waals surface area contributed by atoms with Gasteiger partial charge in [0.25, 0.3) is 0 Å². The second kappa shape index (κ2) is 9.67. The van der Waals surface area contributed by atoms with E-state index in [9.17, 15) is 8.42 Å². The molecule has 0 aliphatic carbocycles. The molecule has 0 N–H and O–H groups in total.